The van der Waals surface area contributed by atoms with Gasteiger partial charge in [0.25, 0.3) is 0 Å². The molecule has 0 aliphatic heterocycles. The number of halogens is 2. The summed E-state index contributed by atoms with van der Waals surface area (Å²) in [5, 5.41) is 2.90. The van der Waals surface area contributed by atoms with Gasteiger partial charge in [0.2, 0.25) is 11.8 Å². The molecule has 2 aromatic carbocycles. The molecule has 0 fully saturated rings. The minimum Gasteiger partial charge on any atom is -0.357 e. The molecule has 0 aliphatic carbocycles. The highest BCUT2D eigenvalue weighted by Crippen LogP contribution is 2.22. The molecule has 11 heteroatoms. The van der Waals surface area contributed by atoms with E-state index in [1.54, 1.807) is 24.3 Å². The maximum absolute atomic E-state index is 13.4. The highest BCUT2D eigenvalue weighted by Gasteiger charge is 2.32. The second-order valence-corrected chi connectivity index (χ2v) is 9.65. The Morgan fingerprint density at radius 3 is 2.22 bits per heavy atom. The van der Waals surface area contributed by atoms with Crippen molar-refractivity contribution < 1.29 is 22.4 Å². The van der Waals surface area contributed by atoms with Crippen LogP contribution < -0.4 is 9.62 Å². The van der Waals surface area contributed by atoms with Gasteiger partial charge in [-0.05, 0) is 42.8 Å². The van der Waals surface area contributed by atoms with E-state index in [0.717, 1.165) is 20.7 Å². The average molecular weight is 485 g/mol. The van der Waals surface area contributed by atoms with Gasteiger partial charge in [-0.1, -0.05) is 29.8 Å². The molecule has 2 rings (SSSR count). The molecule has 2 aromatic rings. The maximum Gasteiger partial charge on any atom is 0.304 e. The minimum atomic E-state index is -4.10. The van der Waals surface area contributed by atoms with E-state index in [1.165, 1.54) is 45.1 Å². The predicted octanol–water partition coefficient (Wildman–Crippen LogP) is 2.26. The van der Waals surface area contributed by atoms with Crippen molar-refractivity contribution in [3.05, 3.63) is 64.9 Å². The monoisotopic (exact) mass is 484 g/mol. The molecule has 0 saturated carbocycles. The third kappa shape index (κ3) is 5.96. The van der Waals surface area contributed by atoms with Crippen LogP contribution in [0.25, 0.3) is 0 Å². The van der Waals surface area contributed by atoms with Crippen molar-refractivity contribution in [3.63, 3.8) is 0 Å². The van der Waals surface area contributed by atoms with Crippen LogP contribution in [-0.2, 0) is 26.3 Å². The smallest absolute Gasteiger partial charge is 0.304 e. The summed E-state index contributed by atoms with van der Waals surface area (Å²) in [5.74, 6) is -1.60. The first kappa shape index (κ1) is 25.6. The molecule has 0 heterocycles. The third-order valence-electron chi connectivity index (χ3n) is 4.85. The Kier molecular flexibility index (Phi) is 8.59. The molecule has 0 aliphatic rings. The topological polar surface area (TPSA) is 90.0 Å². The fourth-order valence-corrected chi connectivity index (χ4v) is 4.18. The highest BCUT2D eigenvalue weighted by molar-refractivity contribution is 7.90. The zero-order valence-electron chi connectivity index (χ0n) is 18.2. The number of anilines is 1. The van der Waals surface area contributed by atoms with E-state index in [4.69, 9.17) is 11.6 Å². The first-order chi connectivity index (χ1) is 15.0. The summed E-state index contributed by atoms with van der Waals surface area (Å²) < 4.78 is 41.1. The summed E-state index contributed by atoms with van der Waals surface area (Å²) in [6.07, 6.45) is 0. The Bertz CT molecular complexity index is 1060. The van der Waals surface area contributed by atoms with E-state index in [-0.39, 0.29) is 12.2 Å². The molecule has 1 N–H and O–H groups in total. The average Bonchev–Trinajstić information content (AvgIpc) is 2.76. The van der Waals surface area contributed by atoms with E-state index in [1.807, 2.05) is 0 Å². The van der Waals surface area contributed by atoms with Crippen LogP contribution in [-0.4, -0.2) is 63.2 Å². The van der Waals surface area contributed by atoms with Crippen molar-refractivity contribution in [1.29, 1.82) is 0 Å². The fraction of sp³-hybridized carbons (Fsp3) is 0.333. The van der Waals surface area contributed by atoms with Gasteiger partial charge in [0.15, 0.2) is 0 Å². The SMILES string of the molecule is CNC(=O)[C@H](C)N(Cc1ccccc1Cl)C(=O)CN(c1ccc(F)cc1)S(=O)(=O)N(C)C. The van der Waals surface area contributed by atoms with Crippen LogP contribution in [0.3, 0.4) is 0 Å². The Labute approximate surface area is 192 Å². The molecule has 0 bridgehead atoms. The Hall–Kier alpha value is -2.69. The molecule has 0 spiro atoms. The second kappa shape index (κ2) is 10.8. The number of nitrogens with zero attached hydrogens (tertiary/aromatic N) is 3. The lowest BCUT2D eigenvalue weighted by molar-refractivity contribution is -0.139. The number of carbonyl (C=O) groups excluding carboxylic acids is 2. The van der Waals surface area contributed by atoms with Crippen LogP contribution in [0.15, 0.2) is 48.5 Å². The van der Waals surface area contributed by atoms with E-state index in [0.29, 0.717) is 10.6 Å². The zero-order valence-corrected chi connectivity index (χ0v) is 19.8. The van der Waals surface area contributed by atoms with Crippen molar-refractivity contribution in [2.45, 2.75) is 19.5 Å². The molecule has 0 aromatic heterocycles. The molecule has 0 radical (unpaired) electrons. The number of hydrogen-bond donors (Lipinski definition) is 1. The van der Waals surface area contributed by atoms with E-state index in [2.05, 4.69) is 5.32 Å². The first-order valence-corrected chi connectivity index (χ1v) is 11.5. The van der Waals surface area contributed by atoms with Crippen LogP contribution in [0.2, 0.25) is 5.02 Å². The van der Waals surface area contributed by atoms with Crippen LogP contribution in [0.4, 0.5) is 10.1 Å². The van der Waals surface area contributed by atoms with Gasteiger partial charge in [0.1, 0.15) is 18.4 Å². The lowest BCUT2D eigenvalue weighted by Gasteiger charge is -2.32. The summed E-state index contributed by atoms with van der Waals surface area (Å²) >= 11 is 6.23. The summed E-state index contributed by atoms with van der Waals surface area (Å²) in [5.41, 5.74) is 0.709. The van der Waals surface area contributed by atoms with Gasteiger partial charge in [0, 0.05) is 32.7 Å². The number of hydrogen-bond acceptors (Lipinski definition) is 4. The number of amides is 2. The van der Waals surface area contributed by atoms with Crippen molar-refractivity contribution in [2.75, 3.05) is 32.0 Å². The minimum absolute atomic E-state index is 0.00758. The van der Waals surface area contributed by atoms with Gasteiger partial charge >= 0.3 is 10.2 Å². The van der Waals surface area contributed by atoms with Crippen LogP contribution in [0.1, 0.15) is 12.5 Å². The number of likely N-dealkylation sites (N-methyl/N-ethyl adjacent to an activating group) is 1. The zero-order chi connectivity index (χ0) is 24.1. The summed E-state index contributed by atoms with van der Waals surface area (Å²) in [7, 11) is -0.00433. The number of carbonyl (C=O) groups is 2. The molecular formula is C21H26ClFN4O4S. The van der Waals surface area contributed by atoms with Gasteiger partial charge in [-0.2, -0.15) is 12.7 Å². The standard InChI is InChI=1S/C21H26ClFN4O4S/c1-15(21(29)24-2)26(13-16-7-5-6-8-19(16)22)20(28)14-27(32(30,31)25(3)4)18-11-9-17(23)10-12-18/h5-12,15H,13-14H2,1-4H3,(H,24,29)/t15-/m0/s1. The summed E-state index contributed by atoms with van der Waals surface area (Å²) in [6, 6.07) is 10.7. The molecular weight excluding hydrogens is 459 g/mol. The number of nitrogens with one attached hydrogen (secondary N) is 1. The van der Waals surface area contributed by atoms with Crippen LogP contribution >= 0.6 is 11.6 Å². The second-order valence-electron chi connectivity index (χ2n) is 7.18. The summed E-state index contributed by atoms with van der Waals surface area (Å²) in [6.45, 7) is 0.931. The Morgan fingerprint density at radius 1 is 1.09 bits per heavy atom. The third-order valence-corrected chi connectivity index (χ3v) is 7.03. The number of rotatable bonds is 9. The van der Waals surface area contributed by atoms with Crippen molar-refractivity contribution >= 4 is 39.3 Å². The Morgan fingerprint density at radius 2 is 1.69 bits per heavy atom. The van der Waals surface area contributed by atoms with Crippen molar-refractivity contribution in [1.82, 2.24) is 14.5 Å². The molecule has 174 valence electrons. The lowest BCUT2D eigenvalue weighted by atomic mass is 10.1. The van der Waals surface area contributed by atoms with Gasteiger partial charge in [0.05, 0.1) is 5.69 Å². The lowest BCUT2D eigenvalue weighted by Crippen LogP contribution is -2.52. The van der Waals surface area contributed by atoms with Crippen molar-refractivity contribution in [3.8, 4) is 0 Å². The van der Waals surface area contributed by atoms with E-state index in [9.17, 15) is 22.4 Å². The predicted molar refractivity (Wildman–Crippen MR) is 122 cm³/mol. The van der Waals surface area contributed by atoms with Gasteiger partial charge in [-0.3, -0.25) is 9.59 Å². The fourth-order valence-electron chi connectivity index (χ4n) is 2.93. The normalized spacial score (nSPS) is 12.3. The first-order valence-electron chi connectivity index (χ1n) is 9.69. The molecule has 8 nitrogen and oxygen atoms in total. The van der Waals surface area contributed by atoms with Crippen molar-refractivity contribution in [2.24, 2.45) is 0 Å². The van der Waals surface area contributed by atoms with E-state index >= 15 is 0 Å². The van der Waals surface area contributed by atoms with Gasteiger partial charge in [-0.25, -0.2) is 8.70 Å². The molecule has 32 heavy (non-hydrogen) atoms. The van der Waals surface area contributed by atoms with E-state index < -0.39 is 40.4 Å². The van der Waals surface area contributed by atoms with Gasteiger partial charge < -0.3 is 10.2 Å². The largest absolute Gasteiger partial charge is 0.357 e. The summed E-state index contributed by atoms with van der Waals surface area (Å²) in [4.78, 5) is 26.9. The molecule has 1 atom stereocenters. The highest BCUT2D eigenvalue weighted by atomic mass is 35.5. The van der Waals surface area contributed by atoms with Crippen LogP contribution in [0, 0.1) is 5.82 Å². The van der Waals surface area contributed by atoms with Crippen LogP contribution in [0.5, 0.6) is 0 Å². The molecule has 0 unspecified atom stereocenters. The Balaban J connectivity index is 2.45. The number of benzene rings is 2. The van der Waals surface area contributed by atoms with Gasteiger partial charge in [-0.15, -0.1) is 0 Å². The molecule has 0 saturated heterocycles. The maximum atomic E-state index is 13.4. The quantitative estimate of drug-likeness (QED) is 0.591. The molecule has 2 amide bonds.